The number of aromatic nitrogens is 1. The molecule has 7 heteroatoms. The maximum atomic E-state index is 12.2. The number of carbonyl (C=O) groups is 3. The molecule has 0 aliphatic heterocycles. The smallest absolute Gasteiger partial charge is 0.326 e. The Hall–Kier alpha value is -2.96. The molecule has 0 bridgehead atoms. The van der Waals surface area contributed by atoms with Crippen LogP contribution in [0.15, 0.2) is 36.5 Å². The second kappa shape index (κ2) is 8.23. The first-order valence-corrected chi connectivity index (χ1v) is 8.02. The van der Waals surface area contributed by atoms with Gasteiger partial charge in [0.15, 0.2) is 0 Å². The maximum absolute atomic E-state index is 12.2. The summed E-state index contributed by atoms with van der Waals surface area (Å²) in [6, 6.07) is 7.70. The number of hydrogen-bond donors (Lipinski definition) is 3. The monoisotopic (exact) mass is 343 g/mol. The standard InChI is InChI=1S/C18H21N3O4/c1-11(2)8-15(18(24)25)21-16(22)10-20-17(23)13-5-6-14-12(9-13)4-3-7-19-14/h3-7,9,11,15H,8,10H2,1-2H3,(H,20,23)(H,21,22)(H,24,25)/t15-/m0/s1. The average Bonchev–Trinajstić information content (AvgIpc) is 2.58. The lowest BCUT2D eigenvalue weighted by Crippen LogP contribution is -2.46. The van der Waals surface area contributed by atoms with E-state index in [0.29, 0.717) is 12.0 Å². The molecule has 2 aromatic rings. The molecule has 1 aromatic heterocycles. The fourth-order valence-corrected chi connectivity index (χ4v) is 2.42. The number of pyridine rings is 1. The molecule has 25 heavy (non-hydrogen) atoms. The molecular weight excluding hydrogens is 322 g/mol. The van der Waals surface area contributed by atoms with E-state index in [2.05, 4.69) is 15.6 Å². The number of hydrogen-bond acceptors (Lipinski definition) is 4. The zero-order chi connectivity index (χ0) is 18.4. The highest BCUT2D eigenvalue weighted by Gasteiger charge is 2.21. The molecule has 2 amide bonds. The topological polar surface area (TPSA) is 108 Å². The van der Waals surface area contributed by atoms with Gasteiger partial charge in [-0.1, -0.05) is 19.9 Å². The number of nitrogens with one attached hydrogen (secondary N) is 2. The molecular formula is C18H21N3O4. The summed E-state index contributed by atoms with van der Waals surface area (Å²) in [5.41, 5.74) is 1.18. The number of benzene rings is 1. The summed E-state index contributed by atoms with van der Waals surface area (Å²) in [5, 5.41) is 14.9. The molecule has 1 aromatic carbocycles. The fourth-order valence-electron chi connectivity index (χ4n) is 2.42. The maximum Gasteiger partial charge on any atom is 0.326 e. The van der Waals surface area contributed by atoms with Gasteiger partial charge < -0.3 is 15.7 Å². The minimum Gasteiger partial charge on any atom is -0.480 e. The minimum atomic E-state index is -1.09. The molecule has 2 rings (SSSR count). The van der Waals surface area contributed by atoms with Crippen LogP contribution in [-0.2, 0) is 9.59 Å². The number of aliphatic carboxylic acids is 1. The summed E-state index contributed by atoms with van der Waals surface area (Å²) in [6.07, 6.45) is 2.00. The van der Waals surface area contributed by atoms with Crippen molar-refractivity contribution >= 4 is 28.7 Å². The van der Waals surface area contributed by atoms with E-state index in [0.717, 1.165) is 10.9 Å². The van der Waals surface area contributed by atoms with Gasteiger partial charge in [0.1, 0.15) is 6.04 Å². The van der Waals surface area contributed by atoms with Crippen molar-refractivity contribution in [3.8, 4) is 0 Å². The van der Waals surface area contributed by atoms with Crippen molar-refractivity contribution in [2.24, 2.45) is 5.92 Å². The largest absolute Gasteiger partial charge is 0.480 e. The molecule has 132 valence electrons. The molecule has 0 unspecified atom stereocenters. The van der Waals surface area contributed by atoms with Crippen molar-refractivity contribution in [2.75, 3.05) is 6.54 Å². The SMILES string of the molecule is CC(C)C[C@H](NC(=O)CNC(=O)c1ccc2ncccc2c1)C(=O)O. The normalized spacial score (nSPS) is 12.0. The lowest BCUT2D eigenvalue weighted by molar-refractivity contribution is -0.142. The molecule has 0 saturated heterocycles. The highest BCUT2D eigenvalue weighted by atomic mass is 16.4. The lowest BCUT2D eigenvalue weighted by atomic mass is 10.0. The number of carboxylic acids is 1. The number of rotatable bonds is 7. The van der Waals surface area contributed by atoms with Crippen LogP contribution in [0.4, 0.5) is 0 Å². The quantitative estimate of drug-likeness (QED) is 0.707. The third kappa shape index (κ3) is 5.27. The van der Waals surface area contributed by atoms with Crippen LogP contribution in [-0.4, -0.2) is 40.5 Å². The molecule has 0 aliphatic rings. The molecule has 0 aliphatic carbocycles. The van der Waals surface area contributed by atoms with Gasteiger partial charge in [0.25, 0.3) is 5.91 Å². The lowest BCUT2D eigenvalue weighted by Gasteiger charge is -2.16. The second-order valence-corrected chi connectivity index (χ2v) is 6.18. The van der Waals surface area contributed by atoms with E-state index in [4.69, 9.17) is 5.11 Å². The number of nitrogens with zero attached hydrogens (tertiary/aromatic N) is 1. The van der Waals surface area contributed by atoms with Crippen molar-refractivity contribution in [3.63, 3.8) is 0 Å². The van der Waals surface area contributed by atoms with Gasteiger partial charge >= 0.3 is 5.97 Å². The number of amides is 2. The summed E-state index contributed by atoms with van der Waals surface area (Å²) in [7, 11) is 0. The Labute approximate surface area is 145 Å². The summed E-state index contributed by atoms with van der Waals surface area (Å²) < 4.78 is 0. The number of fused-ring (bicyclic) bond motifs is 1. The van der Waals surface area contributed by atoms with E-state index in [1.165, 1.54) is 0 Å². The van der Waals surface area contributed by atoms with Crippen LogP contribution in [0.1, 0.15) is 30.6 Å². The van der Waals surface area contributed by atoms with Gasteiger partial charge in [-0.25, -0.2) is 4.79 Å². The minimum absolute atomic E-state index is 0.127. The Morgan fingerprint density at radius 1 is 1.20 bits per heavy atom. The van der Waals surface area contributed by atoms with E-state index >= 15 is 0 Å². The summed E-state index contributed by atoms with van der Waals surface area (Å²) in [6.45, 7) is 3.46. The molecule has 3 N–H and O–H groups in total. The Kier molecular flexibility index (Phi) is 6.05. The average molecular weight is 343 g/mol. The van der Waals surface area contributed by atoms with Gasteiger partial charge in [-0.15, -0.1) is 0 Å². The van der Waals surface area contributed by atoms with E-state index in [1.54, 1.807) is 30.5 Å². The Bertz CT molecular complexity index is 789. The van der Waals surface area contributed by atoms with Crippen molar-refractivity contribution < 1.29 is 19.5 Å². The van der Waals surface area contributed by atoms with Crippen LogP contribution in [0.25, 0.3) is 10.9 Å². The van der Waals surface area contributed by atoms with Crippen molar-refractivity contribution in [3.05, 3.63) is 42.1 Å². The van der Waals surface area contributed by atoms with E-state index < -0.39 is 23.8 Å². The van der Waals surface area contributed by atoms with Crippen LogP contribution in [0.5, 0.6) is 0 Å². The van der Waals surface area contributed by atoms with E-state index in [-0.39, 0.29) is 12.5 Å². The van der Waals surface area contributed by atoms with Gasteiger partial charge in [0.05, 0.1) is 12.1 Å². The summed E-state index contributed by atoms with van der Waals surface area (Å²) in [4.78, 5) is 39.4. The van der Waals surface area contributed by atoms with Gasteiger partial charge in [-0.05, 0) is 36.6 Å². The van der Waals surface area contributed by atoms with Crippen molar-refractivity contribution in [1.29, 1.82) is 0 Å². The van der Waals surface area contributed by atoms with E-state index in [9.17, 15) is 14.4 Å². The Morgan fingerprint density at radius 3 is 2.64 bits per heavy atom. The molecule has 1 heterocycles. The third-order valence-corrected chi connectivity index (χ3v) is 3.62. The van der Waals surface area contributed by atoms with E-state index in [1.807, 2.05) is 19.9 Å². The number of carbonyl (C=O) groups excluding carboxylic acids is 2. The second-order valence-electron chi connectivity index (χ2n) is 6.18. The van der Waals surface area contributed by atoms with Gasteiger partial charge in [0, 0.05) is 17.1 Å². The first-order chi connectivity index (χ1) is 11.9. The highest BCUT2D eigenvalue weighted by Crippen LogP contribution is 2.13. The highest BCUT2D eigenvalue weighted by molar-refractivity contribution is 5.99. The Morgan fingerprint density at radius 2 is 1.96 bits per heavy atom. The molecule has 1 atom stereocenters. The first-order valence-electron chi connectivity index (χ1n) is 8.02. The fraction of sp³-hybridized carbons (Fsp3) is 0.333. The van der Waals surface area contributed by atoms with Gasteiger partial charge in [-0.2, -0.15) is 0 Å². The molecule has 0 radical (unpaired) electrons. The van der Waals surface area contributed by atoms with Crippen molar-refractivity contribution in [2.45, 2.75) is 26.3 Å². The van der Waals surface area contributed by atoms with Crippen molar-refractivity contribution in [1.82, 2.24) is 15.6 Å². The number of carboxylic acid groups (broad SMARTS) is 1. The predicted molar refractivity (Wildman–Crippen MR) is 93.1 cm³/mol. The van der Waals surface area contributed by atoms with Crippen LogP contribution < -0.4 is 10.6 Å². The van der Waals surface area contributed by atoms with Crippen LogP contribution in [0, 0.1) is 5.92 Å². The molecule has 7 nitrogen and oxygen atoms in total. The van der Waals surface area contributed by atoms with Crippen LogP contribution in [0.3, 0.4) is 0 Å². The molecule has 0 fully saturated rings. The van der Waals surface area contributed by atoms with Gasteiger partial charge in [0.2, 0.25) is 5.91 Å². The molecule has 0 spiro atoms. The van der Waals surface area contributed by atoms with Crippen LogP contribution >= 0.6 is 0 Å². The Balaban J connectivity index is 1.93. The predicted octanol–water partition coefficient (Wildman–Crippen LogP) is 1.58. The van der Waals surface area contributed by atoms with Gasteiger partial charge in [-0.3, -0.25) is 14.6 Å². The third-order valence-electron chi connectivity index (χ3n) is 3.62. The van der Waals surface area contributed by atoms with Crippen LogP contribution in [0.2, 0.25) is 0 Å². The molecule has 0 saturated carbocycles. The summed E-state index contributed by atoms with van der Waals surface area (Å²) in [5.74, 6) is -1.90. The zero-order valence-corrected chi connectivity index (χ0v) is 14.2. The zero-order valence-electron chi connectivity index (χ0n) is 14.2. The first kappa shape index (κ1) is 18.4. The summed E-state index contributed by atoms with van der Waals surface area (Å²) >= 11 is 0.